The second kappa shape index (κ2) is 9.24. The Morgan fingerprint density at radius 3 is 2.97 bits per heavy atom. The molecule has 1 amide bonds. The first-order valence-electron chi connectivity index (χ1n) is 10.6. The summed E-state index contributed by atoms with van der Waals surface area (Å²) in [5, 5.41) is 4.36. The Morgan fingerprint density at radius 1 is 1.40 bits per heavy atom. The molecule has 0 N–H and O–H groups in total. The van der Waals surface area contributed by atoms with Crippen LogP contribution in [0.4, 0.5) is 0 Å². The van der Waals surface area contributed by atoms with E-state index < -0.39 is 0 Å². The van der Waals surface area contributed by atoms with Crippen molar-refractivity contribution < 1.29 is 14.3 Å². The highest BCUT2D eigenvalue weighted by atomic mass is 16.5. The van der Waals surface area contributed by atoms with Crippen molar-refractivity contribution in [2.75, 3.05) is 47.0 Å². The van der Waals surface area contributed by atoms with Crippen molar-refractivity contribution in [1.82, 2.24) is 24.6 Å². The normalized spacial score (nSPS) is 20.5. The van der Waals surface area contributed by atoms with Crippen LogP contribution in [-0.2, 0) is 22.6 Å². The van der Waals surface area contributed by atoms with E-state index in [0.29, 0.717) is 37.9 Å². The second-order valence-electron chi connectivity index (χ2n) is 8.57. The van der Waals surface area contributed by atoms with Gasteiger partial charge in [-0.15, -0.1) is 0 Å². The number of hydrogen-bond acceptors (Lipinski definition) is 6. The number of nitrogens with zero attached hydrogens (tertiary/aromatic N) is 5. The third-order valence-electron chi connectivity index (χ3n) is 6.01. The van der Waals surface area contributed by atoms with Crippen LogP contribution in [0.2, 0.25) is 0 Å². The number of methoxy groups -OCH3 is 1. The summed E-state index contributed by atoms with van der Waals surface area (Å²) in [6.07, 6.45) is 7.68. The molecule has 0 saturated carbocycles. The third kappa shape index (κ3) is 4.88. The van der Waals surface area contributed by atoms with Crippen LogP contribution in [0.3, 0.4) is 0 Å². The lowest BCUT2D eigenvalue weighted by molar-refractivity contribution is -0.168. The standard InChI is InChI=1S/C22H31N5O3/c1-25(13-18-4-3-8-23-12-18)14-19-5-7-22(30-15-19)16-26(17-22)21(28)20-6-9-27(24-20)10-11-29-2/h3-4,6,8-9,12,19H,5,7,10-11,13-17H2,1-2H3/t19-/m1/s1. The maximum atomic E-state index is 12.7. The van der Waals surface area contributed by atoms with E-state index in [2.05, 4.69) is 28.1 Å². The molecule has 8 heteroatoms. The van der Waals surface area contributed by atoms with Gasteiger partial charge in [-0.25, -0.2) is 0 Å². The number of amides is 1. The molecule has 0 aliphatic carbocycles. The lowest BCUT2D eigenvalue weighted by Gasteiger charge is -2.52. The number of carbonyl (C=O) groups is 1. The Kier molecular flexibility index (Phi) is 6.46. The lowest BCUT2D eigenvalue weighted by Crippen LogP contribution is -2.66. The van der Waals surface area contributed by atoms with Gasteiger partial charge in [-0.1, -0.05) is 6.07 Å². The smallest absolute Gasteiger partial charge is 0.274 e. The molecule has 30 heavy (non-hydrogen) atoms. The van der Waals surface area contributed by atoms with Crippen LogP contribution in [-0.4, -0.2) is 83.1 Å². The van der Waals surface area contributed by atoms with Gasteiger partial charge < -0.3 is 19.3 Å². The van der Waals surface area contributed by atoms with Gasteiger partial charge in [0.15, 0.2) is 0 Å². The average molecular weight is 414 g/mol. The van der Waals surface area contributed by atoms with Gasteiger partial charge in [0.05, 0.1) is 32.8 Å². The molecular formula is C22H31N5O3. The van der Waals surface area contributed by atoms with E-state index in [1.54, 1.807) is 24.1 Å². The molecule has 4 heterocycles. The molecule has 2 aliphatic heterocycles. The molecule has 0 bridgehead atoms. The largest absolute Gasteiger partial charge is 0.383 e. The Morgan fingerprint density at radius 2 is 2.27 bits per heavy atom. The van der Waals surface area contributed by atoms with Crippen LogP contribution in [0, 0.1) is 5.92 Å². The average Bonchev–Trinajstić information content (AvgIpc) is 3.20. The first-order chi connectivity index (χ1) is 14.6. The molecule has 2 saturated heterocycles. The highest BCUT2D eigenvalue weighted by Crippen LogP contribution is 2.36. The van der Waals surface area contributed by atoms with Gasteiger partial charge in [-0.05, 0) is 43.5 Å². The topological polar surface area (TPSA) is 72.7 Å². The Hall–Kier alpha value is -2.29. The first kappa shape index (κ1) is 21.0. The van der Waals surface area contributed by atoms with E-state index in [1.165, 1.54) is 5.56 Å². The van der Waals surface area contributed by atoms with Gasteiger partial charge in [0.2, 0.25) is 0 Å². The van der Waals surface area contributed by atoms with E-state index in [-0.39, 0.29) is 11.5 Å². The third-order valence-corrected chi connectivity index (χ3v) is 6.01. The molecular weight excluding hydrogens is 382 g/mol. The molecule has 4 rings (SSSR count). The lowest BCUT2D eigenvalue weighted by atomic mass is 9.82. The van der Waals surface area contributed by atoms with E-state index in [9.17, 15) is 4.79 Å². The van der Waals surface area contributed by atoms with E-state index >= 15 is 0 Å². The first-order valence-corrected chi connectivity index (χ1v) is 10.6. The van der Waals surface area contributed by atoms with Gasteiger partial charge in [0.25, 0.3) is 5.91 Å². The summed E-state index contributed by atoms with van der Waals surface area (Å²) in [6, 6.07) is 5.86. The highest BCUT2D eigenvalue weighted by molar-refractivity contribution is 5.93. The minimum atomic E-state index is -0.160. The molecule has 2 fully saturated rings. The van der Waals surface area contributed by atoms with Crippen molar-refractivity contribution in [2.45, 2.75) is 31.5 Å². The fourth-order valence-electron chi connectivity index (χ4n) is 4.36. The van der Waals surface area contributed by atoms with E-state index in [0.717, 1.165) is 32.5 Å². The number of pyridine rings is 1. The Balaban J connectivity index is 1.20. The zero-order chi connectivity index (χ0) is 21.0. The maximum absolute atomic E-state index is 12.7. The van der Waals surface area contributed by atoms with Gasteiger partial charge in [0, 0.05) is 38.8 Å². The van der Waals surface area contributed by atoms with Crippen molar-refractivity contribution in [1.29, 1.82) is 0 Å². The summed E-state index contributed by atoms with van der Waals surface area (Å²) < 4.78 is 13.1. The summed E-state index contributed by atoms with van der Waals surface area (Å²) >= 11 is 0. The van der Waals surface area contributed by atoms with Crippen LogP contribution in [0.15, 0.2) is 36.8 Å². The quantitative estimate of drug-likeness (QED) is 0.656. The minimum Gasteiger partial charge on any atom is -0.383 e. The summed E-state index contributed by atoms with van der Waals surface area (Å²) in [4.78, 5) is 21.0. The summed E-state index contributed by atoms with van der Waals surface area (Å²) in [5.74, 6) is 0.511. The van der Waals surface area contributed by atoms with Crippen molar-refractivity contribution in [3.63, 3.8) is 0 Å². The zero-order valence-corrected chi connectivity index (χ0v) is 17.9. The van der Waals surface area contributed by atoms with Crippen molar-refractivity contribution in [2.24, 2.45) is 5.92 Å². The molecule has 1 spiro atoms. The maximum Gasteiger partial charge on any atom is 0.274 e. The highest BCUT2D eigenvalue weighted by Gasteiger charge is 2.48. The van der Waals surface area contributed by atoms with Crippen LogP contribution < -0.4 is 0 Å². The fraction of sp³-hybridized carbons (Fsp3) is 0.591. The zero-order valence-electron chi connectivity index (χ0n) is 17.9. The number of rotatable bonds is 8. The summed E-state index contributed by atoms with van der Waals surface area (Å²) in [6.45, 7) is 5.21. The number of hydrogen-bond donors (Lipinski definition) is 0. The van der Waals surface area contributed by atoms with Gasteiger partial charge >= 0.3 is 0 Å². The van der Waals surface area contributed by atoms with Crippen molar-refractivity contribution >= 4 is 5.91 Å². The Bertz CT molecular complexity index is 824. The van der Waals surface area contributed by atoms with Gasteiger partial charge in [0.1, 0.15) is 11.3 Å². The number of ether oxygens (including phenoxy) is 2. The van der Waals surface area contributed by atoms with Crippen molar-refractivity contribution in [3.8, 4) is 0 Å². The summed E-state index contributed by atoms with van der Waals surface area (Å²) in [5.41, 5.74) is 1.56. The predicted molar refractivity (Wildman–Crippen MR) is 112 cm³/mol. The van der Waals surface area contributed by atoms with E-state index in [1.807, 2.05) is 23.4 Å². The number of carbonyl (C=O) groups excluding carboxylic acids is 1. The van der Waals surface area contributed by atoms with Gasteiger partial charge in [-0.3, -0.25) is 14.5 Å². The van der Waals surface area contributed by atoms with E-state index in [4.69, 9.17) is 9.47 Å². The summed E-state index contributed by atoms with van der Waals surface area (Å²) in [7, 11) is 3.80. The minimum absolute atomic E-state index is 0.0151. The molecule has 0 aromatic carbocycles. The SMILES string of the molecule is COCCn1ccc(C(=O)N2CC3(CC[C@H](CN(C)Cc4cccnc4)CO3)C2)n1. The molecule has 2 aliphatic rings. The molecule has 0 unspecified atom stereocenters. The molecule has 2 aromatic heterocycles. The molecule has 0 radical (unpaired) electrons. The molecule has 162 valence electrons. The molecule has 8 nitrogen and oxygen atoms in total. The van der Waals surface area contributed by atoms with Crippen LogP contribution >= 0.6 is 0 Å². The van der Waals surface area contributed by atoms with Crippen LogP contribution in [0.1, 0.15) is 28.9 Å². The predicted octanol–water partition coefficient (Wildman–Crippen LogP) is 1.68. The monoisotopic (exact) mass is 413 g/mol. The second-order valence-corrected chi connectivity index (χ2v) is 8.57. The fourth-order valence-corrected chi connectivity index (χ4v) is 4.36. The number of likely N-dealkylation sites (tertiary alicyclic amines) is 1. The van der Waals surface area contributed by atoms with Gasteiger partial charge in [-0.2, -0.15) is 5.10 Å². The molecule has 1 atom stereocenters. The van der Waals surface area contributed by atoms with Crippen LogP contribution in [0.5, 0.6) is 0 Å². The Labute approximate surface area is 177 Å². The van der Waals surface area contributed by atoms with Crippen molar-refractivity contribution in [3.05, 3.63) is 48.0 Å². The number of aromatic nitrogens is 3. The van der Waals surface area contributed by atoms with Crippen LogP contribution in [0.25, 0.3) is 0 Å². The molecule has 2 aromatic rings.